The van der Waals surface area contributed by atoms with E-state index in [2.05, 4.69) is 4.72 Å². The van der Waals surface area contributed by atoms with Crippen LogP contribution in [0.5, 0.6) is 0 Å². The molecule has 116 valence electrons. The molecule has 21 heavy (non-hydrogen) atoms. The fourth-order valence-electron chi connectivity index (χ4n) is 2.66. The predicted molar refractivity (Wildman–Crippen MR) is 71.8 cm³/mol. The van der Waals surface area contributed by atoms with Crippen molar-refractivity contribution in [2.75, 3.05) is 0 Å². The Hall–Kier alpha value is -1.05. The molecular formula is C14H17F2NO3S. The van der Waals surface area contributed by atoms with Crippen LogP contribution < -0.4 is 4.72 Å². The highest BCUT2D eigenvalue weighted by Crippen LogP contribution is 2.45. The summed E-state index contributed by atoms with van der Waals surface area (Å²) >= 11 is 0. The summed E-state index contributed by atoms with van der Waals surface area (Å²) in [4.78, 5) is -0.598. The van der Waals surface area contributed by atoms with Crippen molar-refractivity contribution in [3.63, 3.8) is 0 Å². The second kappa shape index (κ2) is 5.30. The van der Waals surface area contributed by atoms with Gasteiger partial charge in [0.15, 0.2) is 5.82 Å². The van der Waals surface area contributed by atoms with E-state index in [0.29, 0.717) is 11.8 Å². The molecule has 0 atom stereocenters. The van der Waals surface area contributed by atoms with Gasteiger partial charge in [0, 0.05) is 6.04 Å². The maximum atomic E-state index is 14.1. The van der Waals surface area contributed by atoms with Crippen molar-refractivity contribution in [3.05, 3.63) is 29.3 Å². The summed E-state index contributed by atoms with van der Waals surface area (Å²) in [7, 11) is -4.05. The Morgan fingerprint density at radius 2 is 1.76 bits per heavy atom. The molecule has 2 saturated carbocycles. The Balaban J connectivity index is 1.90. The maximum Gasteiger partial charge on any atom is 0.243 e. The van der Waals surface area contributed by atoms with Crippen molar-refractivity contribution in [1.82, 2.24) is 4.72 Å². The molecular weight excluding hydrogens is 300 g/mol. The molecule has 3 rings (SSSR count). The largest absolute Gasteiger partial charge is 0.391 e. The van der Waals surface area contributed by atoms with Gasteiger partial charge < -0.3 is 5.11 Å². The third-order valence-electron chi connectivity index (χ3n) is 4.15. The number of halogens is 2. The van der Waals surface area contributed by atoms with Gasteiger partial charge in [-0.05, 0) is 49.7 Å². The molecule has 0 aromatic heterocycles. The molecule has 1 aromatic rings. The van der Waals surface area contributed by atoms with Crippen LogP contribution in [-0.4, -0.2) is 19.6 Å². The molecule has 4 nitrogen and oxygen atoms in total. The van der Waals surface area contributed by atoms with Crippen LogP contribution in [0.1, 0.15) is 31.2 Å². The first-order chi connectivity index (χ1) is 9.94. The smallest absolute Gasteiger partial charge is 0.243 e. The number of sulfonamides is 1. The number of hydrogen-bond acceptors (Lipinski definition) is 3. The Morgan fingerprint density at radius 3 is 2.24 bits per heavy atom. The van der Waals surface area contributed by atoms with Crippen LogP contribution in [0, 0.1) is 23.5 Å². The third-order valence-corrected chi connectivity index (χ3v) is 5.63. The molecule has 2 fully saturated rings. The van der Waals surface area contributed by atoms with Crippen molar-refractivity contribution in [2.45, 2.75) is 43.2 Å². The zero-order valence-electron chi connectivity index (χ0n) is 11.4. The Kier molecular flexibility index (Phi) is 3.75. The van der Waals surface area contributed by atoms with Crippen molar-refractivity contribution >= 4 is 10.0 Å². The van der Waals surface area contributed by atoms with E-state index in [0.717, 1.165) is 37.8 Å². The normalized spacial score (nSPS) is 19.2. The van der Waals surface area contributed by atoms with Crippen LogP contribution in [0.4, 0.5) is 8.78 Å². The monoisotopic (exact) mass is 317 g/mol. The maximum absolute atomic E-state index is 14.1. The summed E-state index contributed by atoms with van der Waals surface area (Å²) in [6, 6.07) is 1.62. The highest BCUT2D eigenvalue weighted by atomic mass is 32.2. The lowest BCUT2D eigenvalue weighted by Crippen LogP contribution is -2.38. The fourth-order valence-corrected chi connectivity index (χ4v) is 4.14. The molecule has 0 amide bonds. The number of benzene rings is 1. The Labute approximate surface area is 122 Å². The number of hydrogen-bond donors (Lipinski definition) is 2. The van der Waals surface area contributed by atoms with Gasteiger partial charge >= 0.3 is 0 Å². The molecule has 0 radical (unpaired) electrons. The number of aliphatic hydroxyl groups is 1. The van der Waals surface area contributed by atoms with Gasteiger partial charge in [-0.3, -0.25) is 0 Å². The van der Waals surface area contributed by atoms with Crippen molar-refractivity contribution in [2.24, 2.45) is 11.8 Å². The van der Waals surface area contributed by atoms with Gasteiger partial charge in [-0.25, -0.2) is 21.9 Å². The van der Waals surface area contributed by atoms with Gasteiger partial charge in [-0.15, -0.1) is 0 Å². The minimum absolute atomic E-state index is 0.156. The average Bonchev–Trinajstić information content (AvgIpc) is 3.27. The topological polar surface area (TPSA) is 66.4 Å². The molecule has 2 aliphatic carbocycles. The van der Waals surface area contributed by atoms with E-state index in [4.69, 9.17) is 5.11 Å². The summed E-state index contributed by atoms with van der Waals surface area (Å²) in [5.41, 5.74) is -0.618. The van der Waals surface area contributed by atoms with Crippen LogP contribution in [0.3, 0.4) is 0 Å². The Bertz CT molecular complexity index is 642. The van der Waals surface area contributed by atoms with Crippen LogP contribution >= 0.6 is 0 Å². The molecule has 0 bridgehead atoms. The first-order valence-corrected chi connectivity index (χ1v) is 8.52. The van der Waals surface area contributed by atoms with Gasteiger partial charge in [0.25, 0.3) is 0 Å². The molecule has 0 spiro atoms. The summed E-state index contributed by atoms with van der Waals surface area (Å²) < 4.78 is 54.7. The number of rotatable bonds is 6. The summed E-state index contributed by atoms with van der Waals surface area (Å²) in [5.74, 6) is -1.51. The van der Waals surface area contributed by atoms with E-state index >= 15 is 0 Å². The highest BCUT2D eigenvalue weighted by Gasteiger charge is 2.43. The SMILES string of the molecule is O=S(=O)(NC(C1CC1)C1CC1)c1ccc(F)c(CO)c1F. The summed E-state index contributed by atoms with van der Waals surface area (Å²) in [6.07, 6.45) is 3.93. The summed E-state index contributed by atoms with van der Waals surface area (Å²) in [6.45, 7) is -0.879. The van der Waals surface area contributed by atoms with Crippen molar-refractivity contribution in [1.29, 1.82) is 0 Å². The van der Waals surface area contributed by atoms with Crippen LogP contribution in [0.15, 0.2) is 17.0 Å². The lowest BCUT2D eigenvalue weighted by atomic mass is 10.1. The van der Waals surface area contributed by atoms with Gasteiger partial charge in [0.05, 0.1) is 12.2 Å². The van der Waals surface area contributed by atoms with Crippen molar-refractivity contribution < 1.29 is 22.3 Å². The zero-order chi connectivity index (χ0) is 15.2. The van der Waals surface area contributed by atoms with E-state index < -0.39 is 38.7 Å². The molecule has 2 aliphatic rings. The van der Waals surface area contributed by atoms with E-state index in [1.807, 2.05) is 0 Å². The van der Waals surface area contributed by atoms with E-state index in [9.17, 15) is 17.2 Å². The lowest BCUT2D eigenvalue weighted by molar-refractivity contribution is 0.267. The van der Waals surface area contributed by atoms with Crippen LogP contribution in [0.25, 0.3) is 0 Å². The molecule has 1 aromatic carbocycles. The minimum Gasteiger partial charge on any atom is -0.391 e. The lowest BCUT2D eigenvalue weighted by Gasteiger charge is -2.18. The number of nitrogens with one attached hydrogen (secondary N) is 1. The van der Waals surface area contributed by atoms with Crippen LogP contribution in [0.2, 0.25) is 0 Å². The minimum atomic E-state index is -4.05. The van der Waals surface area contributed by atoms with Crippen LogP contribution in [-0.2, 0) is 16.6 Å². The quantitative estimate of drug-likeness (QED) is 0.842. The molecule has 0 heterocycles. The molecule has 0 saturated heterocycles. The van der Waals surface area contributed by atoms with Crippen molar-refractivity contribution in [3.8, 4) is 0 Å². The molecule has 0 aliphatic heterocycles. The van der Waals surface area contributed by atoms with Gasteiger partial charge in [-0.2, -0.15) is 0 Å². The standard InChI is InChI=1S/C14H17F2NO3S/c15-11-5-6-12(13(16)10(11)7-18)21(19,20)17-14(8-1-2-8)9-3-4-9/h5-6,8-9,14,17-18H,1-4,7H2. The second-order valence-corrected chi connectivity index (χ2v) is 7.50. The van der Waals surface area contributed by atoms with Gasteiger partial charge in [0.1, 0.15) is 10.7 Å². The third kappa shape index (κ3) is 2.95. The fraction of sp³-hybridized carbons (Fsp3) is 0.571. The number of aliphatic hydroxyl groups excluding tert-OH is 1. The summed E-state index contributed by atoms with van der Waals surface area (Å²) in [5, 5.41) is 8.97. The van der Waals surface area contributed by atoms with E-state index in [-0.39, 0.29) is 6.04 Å². The van der Waals surface area contributed by atoms with Gasteiger partial charge in [-0.1, -0.05) is 0 Å². The molecule has 0 unspecified atom stereocenters. The predicted octanol–water partition coefficient (Wildman–Crippen LogP) is 1.92. The first-order valence-electron chi connectivity index (χ1n) is 7.04. The second-order valence-electron chi connectivity index (χ2n) is 5.82. The van der Waals surface area contributed by atoms with E-state index in [1.165, 1.54) is 0 Å². The molecule has 7 heteroatoms. The molecule has 2 N–H and O–H groups in total. The Morgan fingerprint density at radius 1 is 1.19 bits per heavy atom. The van der Waals surface area contributed by atoms with Gasteiger partial charge in [0.2, 0.25) is 10.0 Å². The average molecular weight is 317 g/mol. The van der Waals surface area contributed by atoms with E-state index in [1.54, 1.807) is 0 Å². The first kappa shape index (κ1) is 14.9. The highest BCUT2D eigenvalue weighted by molar-refractivity contribution is 7.89. The zero-order valence-corrected chi connectivity index (χ0v) is 12.2.